The summed E-state index contributed by atoms with van der Waals surface area (Å²) in [6, 6.07) is 23.6. The molecule has 3 aromatic carbocycles. The Morgan fingerprint density at radius 1 is 0.853 bits per heavy atom. The van der Waals surface area contributed by atoms with Crippen LogP contribution in [-0.4, -0.2) is 43.5 Å². The van der Waals surface area contributed by atoms with Crippen molar-refractivity contribution in [1.82, 2.24) is 4.90 Å². The van der Waals surface area contributed by atoms with Gasteiger partial charge in [-0.1, -0.05) is 36.4 Å². The lowest BCUT2D eigenvalue weighted by atomic mass is 9.90. The summed E-state index contributed by atoms with van der Waals surface area (Å²) in [4.78, 5) is 30.2. The molecule has 0 saturated carbocycles. The van der Waals surface area contributed by atoms with Gasteiger partial charge in [-0.15, -0.1) is 0 Å². The molecule has 3 aromatic rings. The minimum atomic E-state index is -0.0484. The molecule has 2 amide bonds. The molecule has 0 aromatic heterocycles. The highest BCUT2D eigenvalue weighted by Crippen LogP contribution is 2.32. The van der Waals surface area contributed by atoms with E-state index in [2.05, 4.69) is 24.3 Å². The molecule has 0 radical (unpaired) electrons. The molecule has 5 nitrogen and oxygen atoms in total. The van der Waals surface area contributed by atoms with Crippen molar-refractivity contribution in [3.63, 3.8) is 0 Å². The Bertz CT molecular complexity index is 1170. The standard InChI is InChI=1S/C29H30N2O3/c1-34-26-11-9-24(10-12-26)29(33)31-18-15-23-7-8-25(20-27(23)31)28(32)30-16-13-22(14-17-30)19-21-5-3-2-4-6-21/h2-12,20,22H,13-19H2,1H3. The van der Waals surface area contributed by atoms with Gasteiger partial charge in [0.1, 0.15) is 5.75 Å². The molecule has 0 N–H and O–H groups in total. The summed E-state index contributed by atoms with van der Waals surface area (Å²) in [5.41, 5.74) is 4.61. The lowest BCUT2D eigenvalue weighted by Gasteiger charge is -2.32. The number of hydrogen-bond donors (Lipinski definition) is 0. The minimum Gasteiger partial charge on any atom is -0.497 e. The summed E-state index contributed by atoms with van der Waals surface area (Å²) in [5, 5.41) is 0. The number of carbonyl (C=O) groups is 2. The van der Waals surface area contributed by atoms with Gasteiger partial charge in [0.15, 0.2) is 0 Å². The fraction of sp³-hybridized carbons (Fsp3) is 0.310. The van der Waals surface area contributed by atoms with Gasteiger partial charge in [0.2, 0.25) is 0 Å². The average Bonchev–Trinajstić information content (AvgIpc) is 3.32. The van der Waals surface area contributed by atoms with Crippen LogP contribution >= 0.6 is 0 Å². The maximum atomic E-state index is 13.3. The van der Waals surface area contributed by atoms with Crippen molar-refractivity contribution < 1.29 is 14.3 Å². The summed E-state index contributed by atoms with van der Waals surface area (Å²) >= 11 is 0. The van der Waals surface area contributed by atoms with Crippen molar-refractivity contribution in [3.05, 3.63) is 95.1 Å². The highest BCUT2D eigenvalue weighted by Gasteiger charge is 2.29. The molecule has 174 valence electrons. The maximum absolute atomic E-state index is 13.3. The van der Waals surface area contributed by atoms with E-state index < -0.39 is 0 Å². The van der Waals surface area contributed by atoms with Gasteiger partial charge in [-0.05, 0) is 79.1 Å². The Morgan fingerprint density at radius 3 is 2.26 bits per heavy atom. The zero-order chi connectivity index (χ0) is 23.5. The number of amides is 2. The van der Waals surface area contributed by atoms with Gasteiger partial charge in [-0.25, -0.2) is 0 Å². The van der Waals surface area contributed by atoms with Crippen LogP contribution < -0.4 is 9.64 Å². The number of fused-ring (bicyclic) bond motifs is 1. The van der Waals surface area contributed by atoms with E-state index in [1.165, 1.54) is 5.56 Å². The van der Waals surface area contributed by atoms with Crippen molar-refractivity contribution in [2.24, 2.45) is 5.92 Å². The van der Waals surface area contributed by atoms with E-state index in [4.69, 9.17) is 4.74 Å². The highest BCUT2D eigenvalue weighted by molar-refractivity contribution is 6.08. The predicted molar refractivity (Wildman–Crippen MR) is 134 cm³/mol. The second-order valence-corrected chi connectivity index (χ2v) is 9.20. The highest BCUT2D eigenvalue weighted by atomic mass is 16.5. The summed E-state index contributed by atoms with van der Waals surface area (Å²) in [6.07, 6.45) is 3.92. The quantitative estimate of drug-likeness (QED) is 0.546. The lowest BCUT2D eigenvalue weighted by molar-refractivity contribution is 0.0690. The third kappa shape index (κ3) is 4.56. The Balaban J connectivity index is 1.26. The summed E-state index contributed by atoms with van der Waals surface area (Å²) in [5.74, 6) is 1.35. The van der Waals surface area contributed by atoms with Crippen molar-refractivity contribution in [2.45, 2.75) is 25.7 Å². The lowest BCUT2D eigenvalue weighted by Crippen LogP contribution is -2.39. The van der Waals surface area contributed by atoms with Crippen LogP contribution in [0.3, 0.4) is 0 Å². The van der Waals surface area contributed by atoms with E-state index in [1.54, 1.807) is 36.3 Å². The first-order valence-corrected chi connectivity index (χ1v) is 12.0. The molecule has 2 aliphatic rings. The van der Waals surface area contributed by atoms with Gasteiger partial charge in [0.25, 0.3) is 11.8 Å². The molecular formula is C29H30N2O3. The number of carbonyl (C=O) groups excluding carboxylic acids is 2. The average molecular weight is 455 g/mol. The second kappa shape index (κ2) is 9.72. The summed E-state index contributed by atoms with van der Waals surface area (Å²) in [7, 11) is 1.61. The van der Waals surface area contributed by atoms with Gasteiger partial charge < -0.3 is 14.5 Å². The molecule has 1 fully saturated rings. The number of nitrogens with zero attached hydrogens (tertiary/aromatic N) is 2. The number of methoxy groups -OCH3 is 1. The molecule has 0 bridgehead atoms. The fourth-order valence-electron chi connectivity index (χ4n) is 5.08. The molecule has 5 heteroatoms. The van der Waals surface area contributed by atoms with Crippen LogP contribution in [0.25, 0.3) is 0 Å². The molecule has 0 spiro atoms. The second-order valence-electron chi connectivity index (χ2n) is 9.20. The largest absolute Gasteiger partial charge is 0.497 e. The zero-order valence-electron chi connectivity index (χ0n) is 19.6. The predicted octanol–water partition coefficient (Wildman–Crippen LogP) is 4.99. The van der Waals surface area contributed by atoms with Gasteiger partial charge in [-0.3, -0.25) is 9.59 Å². The summed E-state index contributed by atoms with van der Waals surface area (Å²) in [6.45, 7) is 2.19. The van der Waals surface area contributed by atoms with Crippen LogP contribution in [0.2, 0.25) is 0 Å². The van der Waals surface area contributed by atoms with E-state index in [-0.39, 0.29) is 11.8 Å². The first kappa shape index (κ1) is 22.2. The van der Waals surface area contributed by atoms with Crippen molar-refractivity contribution in [3.8, 4) is 5.75 Å². The molecule has 1 saturated heterocycles. The molecule has 0 atom stereocenters. The van der Waals surface area contributed by atoms with Crippen molar-refractivity contribution in [1.29, 1.82) is 0 Å². The van der Waals surface area contributed by atoms with Crippen LogP contribution in [0.5, 0.6) is 5.75 Å². The van der Waals surface area contributed by atoms with Gasteiger partial charge >= 0.3 is 0 Å². The van der Waals surface area contributed by atoms with Crippen LogP contribution in [0, 0.1) is 5.92 Å². The third-order valence-corrected chi connectivity index (χ3v) is 7.08. The number of piperidine rings is 1. The summed E-state index contributed by atoms with van der Waals surface area (Å²) < 4.78 is 5.20. The third-order valence-electron chi connectivity index (χ3n) is 7.08. The zero-order valence-corrected chi connectivity index (χ0v) is 19.6. The number of benzene rings is 3. The van der Waals surface area contributed by atoms with Crippen molar-refractivity contribution >= 4 is 17.5 Å². The van der Waals surface area contributed by atoms with Crippen LogP contribution in [0.1, 0.15) is 44.7 Å². The van der Waals surface area contributed by atoms with E-state index >= 15 is 0 Å². The first-order chi connectivity index (χ1) is 16.6. The number of ether oxygens (including phenoxy) is 1. The van der Waals surface area contributed by atoms with Gasteiger partial charge in [0, 0.05) is 36.4 Å². The molecule has 5 rings (SSSR count). The van der Waals surface area contributed by atoms with E-state index in [0.29, 0.717) is 23.6 Å². The Morgan fingerprint density at radius 2 is 1.56 bits per heavy atom. The maximum Gasteiger partial charge on any atom is 0.258 e. The number of rotatable bonds is 5. The molecule has 0 unspecified atom stereocenters. The Kier molecular flexibility index (Phi) is 6.35. The molecule has 2 heterocycles. The monoisotopic (exact) mass is 454 g/mol. The van der Waals surface area contributed by atoms with E-state index in [9.17, 15) is 9.59 Å². The van der Waals surface area contributed by atoms with Crippen molar-refractivity contribution in [2.75, 3.05) is 31.6 Å². The minimum absolute atomic E-state index is 0.0484. The SMILES string of the molecule is COc1ccc(C(=O)N2CCc3ccc(C(=O)N4CCC(Cc5ccccc5)CC4)cc32)cc1. The van der Waals surface area contributed by atoms with Gasteiger partial charge in [-0.2, -0.15) is 0 Å². The smallest absolute Gasteiger partial charge is 0.258 e. The number of anilines is 1. The number of likely N-dealkylation sites (tertiary alicyclic amines) is 1. The normalized spacial score (nSPS) is 15.8. The van der Waals surface area contributed by atoms with E-state index in [1.807, 2.05) is 29.2 Å². The molecule has 2 aliphatic heterocycles. The molecule has 34 heavy (non-hydrogen) atoms. The van der Waals surface area contributed by atoms with Crippen LogP contribution in [-0.2, 0) is 12.8 Å². The fourth-order valence-corrected chi connectivity index (χ4v) is 5.08. The molecule has 0 aliphatic carbocycles. The molecular weight excluding hydrogens is 424 g/mol. The number of hydrogen-bond acceptors (Lipinski definition) is 3. The first-order valence-electron chi connectivity index (χ1n) is 12.0. The van der Waals surface area contributed by atoms with Gasteiger partial charge in [0.05, 0.1) is 7.11 Å². The topological polar surface area (TPSA) is 49.9 Å². The Labute approximate surface area is 201 Å². The van der Waals surface area contributed by atoms with E-state index in [0.717, 1.165) is 55.8 Å². The van der Waals surface area contributed by atoms with Crippen LogP contribution in [0.4, 0.5) is 5.69 Å². The van der Waals surface area contributed by atoms with Crippen LogP contribution in [0.15, 0.2) is 72.8 Å². The Hall–Kier alpha value is -3.60.